The highest BCUT2D eigenvalue weighted by atomic mass is 35.5. The maximum absolute atomic E-state index is 10.8. The van der Waals surface area contributed by atoms with Crippen LogP contribution in [0.3, 0.4) is 0 Å². The van der Waals surface area contributed by atoms with Gasteiger partial charge < -0.3 is 5.73 Å². The van der Waals surface area contributed by atoms with Crippen LogP contribution in [-0.2, 0) is 0 Å². The van der Waals surface area contributed by atoms with Crippen LogP contribution >= 0.6 is 11.6 Å². The number of halogens is 1. The van der Waals surface area contributed by atoms with Gasteiger partial charge in [-0.2, -0.15) is 5.10 Å². The number of nitrogen functional groups attached to an aromatic ring is 1. The predicted molar refractivity (Wildman–Crippen MR) is 64.4 cm³/mol. The summed E-state index contributed by atoms with van der Waals surface area (Å²) in [6, 6.07) is 6.71. The lowest BCUT2D eigenvalue weighted by Gasteiger charge is -2.02. The van der Waals surface area contributed by atoms with Gasteiger partial charge in [-0.25, -0.2) is 4.68 Å². The zero-order valence-corrected chi connectivity index (χ0v) is 9.68. The Hall–Kier alpha value is -2.08. The van der Waals surface area contributed by atoms with Crippen LogP contribution in [0.2, 0.25) is 5.02 Å². The summed E-state index contributed by atoms with van der Waals surface area (Å²) in [5.41, 5.74) is 6.44. The molecule has 0 unspecified atom stereocenters. The molecule has 0 spiro atoms. The van der Waals surface area contributed by atoms with Crippen molar-refractivity contribution in [1.82, 2.24) is 9.78 Å². The van der Waals surface area contributed by atoms with Gasteiger partial charge in [0.2, 0.25) is 5.82 Å². The third kappa shape index (κ3) is 1.94. The average molecular weight is 253 g/mol. The van der Waals surface area contributed by atoms with Gasteiger partial charge in [-0.15, -0.1) is 0 Å². The number of anilines is 1. The molecule has 0 aliphatic carbocycles. The number of rotatable bonds is 2. The van der Waals surface area contributed by atoms with Gasteiger partial charge in [0.05, 0.1) is 10.6 Å². The fourth-order valence-electron chi connectivity index (χ4n) is 1.54. The van der Waals surface area contributed by atoms with E-state index in [0.717, 1.165) is 0 Å². The topological polar surface area (TPSA) is 87.0 Å². The number of aromatic nitrogens is 2. The third-order valence-corrected chi connectivity index (χ3v) is 2.57. The molecule has 0 fully saturated rings. The van der Waals surface area contributed by atoms with Crippen molar-refractivity contribution in [2.45, 2.75) is 6.92 Å². The normalized spacial score (nSPS) is 10.5. The first-order valence-corrected chi connectivity index (χ1v) is 5.14. The fraction of sp³-hybridized carbons (Fsp3) is 0.100. The van der Waals surface area contributed by atoms with Crippen molar-refractivity contribution in [3.63, 3.8) is 0 Å². The number of aryl methyl sites for hydroxylation is 1. The maximum atomic E-state index is 10.8. The van der Waals surface area contributed by atoms with Crippen molar-refractivity contribution >= 4 is 23.1 Å². The molecule has 2 N–H and O–H groups in total. The second-order valence-corrected chi connectivity index (χ2v) is 3.90. The van der Waals surface area contributed by atoms with Crippen LogP contribution < -0.4 is 5.73 Å². The van der Waals surface area contributed by atoms with E-state index in [1.165, 1.54) is 4.68 Å². The highest BCUT2D eigenvalue weighted by Gasteiger charge is 2.23. The summed E-state index contributed by atoms with van der Waals surface area (Å²) >= 11 is 5.76. The summed E-state index contributed by atoms with van der Waals surface area (Å²) in [7, 11) is 0. The maximum Gasteiger partial charge on any atom is 0.333 e. The molecule has 1 aromatic heterocycles. The number of hydrogen-bond acceptors (Lipinski definition) is 4. The highest BCUT2D eigenvalue weighted by Crippen LogP contribution is 2.28. The summed E-state index contributed by atoms with van der Waals surface area (Å²) in [4.78, 5) is 10.3. The minimum absolute atomic E-state index is 0.00909. The molecule has 88 valence electrons. The second kappa shape index (κ2) is 4.06. The van der Waals surface area contributed by atoms with Crippen molar-refractivity contribution in [3.05, 3.63) is 45.1 Å². The zero-order valence-electron chi connectivity index (χ0n) is 8.92. The summed E-state index contributed by atoms with van der Waals surface area (Å²) in [5.74, 6) is 0.00909. The van der Waals surface area contributed by atoms with Crippen LogP contribution in [0, 0.1) is 17.0 Å². The Morgan fingerprint density at radius 2 is 2.00 bits per heavy atom. The molecule has 0 radical (unpaired) electrons. The molecule has 6 nitrogen and oxygen atoms in total. The van der Waals surface area contributed by atoms with Crippen molar-refractivity contribution in [2.24, 2.45) is 0 Å². The van der Waals surface area contributed by atoms with Crippen LogP contribution in [-0.4, -0.2) is 14.7 Å². The average Bonchev–Trinajstić information content (AvgIpc) is 2.55. The van der Waals surface area contributed by atoms with E-state index in [1.54, 1.807) is 31.2 Å². The number of nitrogens with two attached hydrogens (primary N) is 1. The SMILES string of the molecule is Cc1nn(-c2ccc(Cl)cc2)c(N)c1[N+](=O)[O-]. The fourth-order valence-corrected chi connectivity index (χ4v) is 1.67. The molecule has 2 rings (SSSR count). The number of hydrogen-bond donors (Lipinski definition) is 1. The quantitative estimate of drug-likeness (QED) is 0.656. The van der Waals surface area contributed by atoms with Crippen molar-refractivity contribution in [1.29, 1.82) is 0 Å². The molecule has 0 aliphatic rings. The molecule has 1 heterocycles. The smallest absolute Gasteiger partial charge is 0.333 e. The van der Waals surface area contributed by atoms with Gasteiger partial charge in [0.15, 0.2) is 0 Å². The molecule has 0 saturated heterocycles. The Kier molecular flexibility index (Phi) is 2.72. The monoisotopic (exact) mass is 252 g/mol. The van der Waals surface area contributed by atoms with E-state index in [4.69, 9.17) is 17.3 Å². The van der Waals surface area contributed by atoms with E-state index < -0.39 is 4.92 Å². The van der Waals surface area contributed by atoms with Crippen LogP contribution in [0.1, 0.15) is 5.69 Å². The molecule has 17 heavy (non-hydrogen) atoms. The molecule has 0 bridgehead atoms. The Bertz CT molecular complexity index is 577. The first-order chi connectivity index (χ1) is 8.00. The van der Waals surface area contributed by atoms with E-state index in [2.05, 4.69) is 5.10 Å². The van der Waals surface area contributed by atoms with Crippen molar-refractivity contribution < 1.29 is 4.92 Å². The van der Waals surface area contributed by atoms with Crippen molar-refractivity contribution in [2.75, 3.05) is 5.73 Å². The predicted octanol–water partition coefficient (Wildman–Crippen LogP) is 2.32. The lowest BCUT2D eigenvalue weighted by atomic mass is 10.3. The van der Waals surface area contributed by atoms with Crippen LogP contribution in [0.4, 0.5) is 11.5 Å². The molecular weight excluding hydrogens is 244 g/mol. The van der Waals surface area contributed by atoms with Gasteiger partial charge >= 0.3 is 5.69 Å². The second-order valence-electron chi connectivity index (χ2n) is 3.46. The Balaban J connectivity index is 2.57. The molecule has 7 heteroatoms. The highest BCUT2D eigenvalue weighted by molar-refractivity contribution is 6.30. The van der Waals surface area contributed by atoms with Gasteiger partial charge in [-0.1, -0.05) is 11.6 Å². The molecule has 1 aromatic carbocycles. The number of nitrogens with zero attached hydrogens (tertiary/aromatic N) is 3. The van der Waals surface area contributed by atoms with Crippen molar-refractivity contribution in [3.8, 4) is 5.69 Å². The summed E-state index contributed by atoms with van der Waals surface area (Å²) in [6.45, 7) is 1.54. The van der Waals surface area contributed by atoms with Gasteiger partial charge in [-0.05, 0) is 31.2 Å². The lowest BCUT2D eigenvalue weighted by Crippen LogP contribution is -2.02. The van der Waals surface area contributed by atoms with Gasteiger partial charge in [-0.3, -0.25) is 10.1 Å². The molecule has 0 amide bonds. The first-order valence-electron chi connectivity index (χ1n) is 4.76. The lowest BCUT2D eigenvalue weighted by molar-refractivity contribution is -0.384. The number of nitro groups is 1. The minimum Gasteiger partial charge on any atom is -0.378 e. The molecular formula is C10H9ClN4O2. The summed E-state index contributed by atoms with van der Waals surface area (Å²) in [5, 5.41) is 15.4. The van der Waals surface area contributed by atoms with E-state index in [9.17, 15) is 10.1 Å². The Morgan fingerprint density at radius 3 is 2.47 bits per heavy atom. The van der Waals surface area contributed by atoms with E-state index >= 15 is 0 Å². The minimum atomic E-state index is -0.538. The molecule has 0 atom stereocenters. The molecule has 0 saturated carbocycles. The summed E-state index contributed by atoms with van der Waals surface area (Å²) < 4.78 is 1.32. The Morgan fingerprint density at radius 1 is 1.41 bits per heavy atom. The Labute approximate surface area is 102 Å². The standard InChI is InChI=1S/C10H9ClN4O2/c1-6-9(15(16)17)10(12)14(13-6)8-4-2-7(11)3-5-8/h2-5H,12H2,1H3. The third-order valence-electron chi connectivity index (χ3n) is 2.32. The van der Waals surface area contributed by atoms with E-state index in [0.29, 0.717) is 10.7 Å². The van der Waals surface area contributed by atoms with Crippen LogP contribution in [0.25, 0.3) is 5.69 Å². The first kappa shape index (κ1) is 11.4. The van der Waals surface area contributed by atoms with E-state index in [1.807, 2.05) is 0 Å². The zero-order chi connectivity index (χ0) is 12.6. The van der Waals surface area contributed by atoms with Crippen LogP contribution in [0.15, 0.2) is 24.3 Å². The van der Waals surface area contributed by atoms with E-state index in [-0.39, 0.29) is 17.2 Å². The van der Waals surface area contributed by atoms with Crippen LogP contribution in [0.5, 0.6) is 0 Å². The molecule has 2 aromatic rings. The number of benzene rings is 1. The molecule has 0 aliphatic heterocycles. The van der Waals surface area contributed by atoms with Gasteiger partial charge in [0, 0.05) is 5.02 Å². The van der Waals surface area contributed by atoms with Gasteiger partial charge in [0.25, 0.3) is 0 Å². The summed E-state index contributed by atoms with van der Waals surface area (Å²) in [6.07, 6.45) is 0. The largest absolute Gasteiger partial charge is 0.378 e. The van der Waals surface area contributed by atoms with Gasteiger partial charge in [0.1, 0.15) is 5.69 Å².